The molecule has 0 heterocycles. The smallest absolute Gasteiger partial charge is 0.194 e. The number of hydrogen-bond acceptors (Lipinski definition) is 3. The second kappa shape index (κ2) is 16.7. The summed E-state index contributed by atoms with van der Waals surface area (Å²) in [6, 6.07) is 9.23. The molecule has 1 rings (SSSR count). The Labute approximate surface area is 104 Å². The van der Waals surface area contributed by atoms with Crippen LogP contribution in [0.3, 0.4) is 0 Å². The molecule has 0 aliphatic rings. The standard InChI is InChI=1S/C8H8O.2C2H6.CH3NO2/c1-7(9)8-5-3-2-4-6-8;2*1-2;1-2(3)4/h2-6H,1H3;2*1-2H3;1H3. The molecule has 0 amide bonds. The van der Waals surface area contributed by atoms with Gasteiger partial charge >= 0.3 is 0 Å². The summed E-state index contributed by atoms with van der Waals surface area (Å²) in [7, 11) is 0.889. The lowest BCUT2D eigenvalue weighted by atomic mass is 10.2. The average molecular weight is 241 g/mol. The molecule has 0 N–H and O–H groups in total. The number of ketones is 1. The number of rotatable bonds is 1. The lowest BCUT2D eigenvalue weighted by molar-refractivity contribution is -0.445. The summed E-state index contributed by atoms with van der Waals surface area (Å²) in [4.78, 5) is 19.0. The minimum atomic E-state index is -0.500. The molecule has 0 radical (unpaired) electrons. The molecule has 1 aromatic carbocycles. The number of nitro groups is 1. The fourth-order valence-corrected chi connectivity index (χ4v) is 0.673. The predicted octanol–water partition coefficient (Wildman–Crippen LogP) is 3.83. The maximum absolute atomic E-state index is 10.6. The molecule has 98 valence electrons. The van der Waals surface area contributed by atoms with Gasteiger partial charge in [0.05, 0.1) is 0 Å². The molecule has 0 unspecified atom stereocenters. The topological polar surface area (TPSA) is 60.2 Å². The van der Waals surface area contributed by atoms with Gasteiger partial charge < -0.3 is 0 Å². The van der Waals surface area contributed by atoms with Gasteiger partial charge in [-0.1, -0.05) is 58.0 Å². The van der Waals surface area contributed by atoms with E-state index in [1.54, 1.807) is 6.92 Å². The Kier molecular flexibility index (Phi) is 20.3. The van der Waals surface area contributed by atoms with Crippen LogP contribution in [0.4, 0.5) is 0 Å². The first kappa shape index (κ1) is 20.7. The molecule has 0 atom stereocenters. The maximum Gasteiger partial charge on any atom is 0.194 e. The lowest BCUT2D eigenvalue weighted by Crippen LogP contribution is -1.88. The first-order chi connectivity index (χ1) is 8.04. The van der Waals surface area contributed by atoms with Crippen LogP contribution in [0.2, 0.25) is 0 Å². The third-order valence-electron chi connectivity index (χ3n) is 1.18. The van der Waals surface area contributed by atoms with Gasteiger partial charge in [-0.05, 0) is 6.92 Å². The first-order valence-electron chi connectivity index (χ1n) is 5.68. The van der Waals surface area contributed by atoms with Gasteiger partial charge in [0.2, 0.25) is 0 Å². The molecule has 0 bridgehead atoms. The summed E-state index contributed by atoms with van der Waals surface area (Å²) < 4.78 is 0. The van der Waals surface area contributed by atoms with Crippen LogP contribution >= 0.6 is 0 Å². The fraction of sp³-hybridized carbons (Fsp3) is 0.462. The van der Waals surface area contributed by atoms with Crippen LogP contribution in [0.25, 0.3) is 0 Å². The van der Waals surface area contributed by atoms with Gasteiger partial charge in [-0.15, -0.1) is 0 Å². The summed E-state index contributed by atoms with van der Waals surface area (Å²) in [5, 5.41) is 8.81. The molecule has 0 fully saturated rings. The van der Waals surface area contributed by atoms with Gasteiger partial charge in [0.1, 0.15) is 0 Å². The van der Waals surface area contributed by atoms with Crippen LogP contribution in [0.15, 0.2) is 30.3 Å². The van der Waals surface area contributed by atoms with Gasteiger partial charge in [-0.2, -0.15) is 0 Å². The van der Waals surface area contributed by atoms with E-state index in [9.17, 15) is 4.79 Å². The van der Waals surface area contributed by atoms with E-state index in [2.05, 4.69) is 0 Å². The van der Waals surface area contributed by atoms with E-state index in [0.29, 0.717) is 0 Å². The summed E-state index contributed by atoms with van der Waals surface area (Å²) in [6.45, 7) is 9.56. The van der Waals surface area contributed by atoms with E-state index in [1.807, 2.05) is 58.0 Å². The monoisotopic (exact) mass is 241 g/mol. The highest BCUT2D eigenvalue weighted by Gasteiger charge is 1.92. The van der Waals surface area contributed by atoms with E-state index in [0.717, 1.165) is 12.6 Å². The molecule has 0 saturated heterocycles. The van der Waals surface area contributed by atoms with E-state index in [-0.39, 0.29) is 5.78 Å². The first-order valence-corrected chi connectivity index (χ1v) is 5.68. The van der Waals surface area contributed by atoms with Crippen LogP contribution in [-0.4, -0.2) is 17.8 Å². The lowest BCUT2D eigenvalue weighted by Gasteiger charge is -1.89. The Balaban J connectivity index is -0.000000208. The van der Waals surface area contributed by atoms with Crippen molar-refractivity contribution in [2.75, 3.05) is 7.05 Å². The second-order valence-electron chi connectivity index (χ2n) is 2.36. The largest absolute Gasteiger partial charge is 0.295 e. The zero-order chi connectivity index (χ0) is 14.3. The summed E-state index contributed by atoms with van der Waals surface area (Å²) in [5.74, 6) is 0.121. The van der Waals surface area contributed by atoms with Crippen molar-refractivity contribution in [1.82, 2.24) is 0 Å². The quantitative estimate of drug-likeness (QED) is 0.426. The number of nitrogens with zero attached hydrogens (tertiary/aromatic N) is 1. The molecular weight excluding hydrogens is 218 g/mol. The minimum Gasteiger partial charge on any atom is -0.295 e. The second-order valence-corrected chi connectivity index (χ2v) is 2.36. The van der Waals surface area contributed by atoms with E-state index < -0.39 is 4.92 Å². The van der Waals surface area contributed by atoms with Crippen LogP contribution in [0, 0.1) is 10.1 Å². The molecule has 0 saturated carbocycles. The van der Waals surface area contributed by atoms with Gasteiger partial charge in [0.25, 0.3) is 0 Å². The van der Waals surface area contributed by atoms with Crippen LogP contribution < -0.4 is 0 Å². The zero-order valence-corrected chi connectivity index (χ0v) is 11.6. The molecule has 4 nitrogen and oxygen atoms in total. The number of benzene rings is 1. The Bertz CT molecular complexity index is 280. The van der Waals surface area contributed by atoms with Crippen LogP contribution in [0.1, 0.15) is 45.0 Å². The van der Waals surface area contributed by atoms with Gasteiger partial charge in [-0.3, -0.25) is 14.9 Å². The predicted molar refractivity (Wildman–Crippen MR) is 72.1 cm³/mol. The summed E-state index contributed by atoms with van der Waals surface area (Å²) in [6.07, 6.45) is 0. The number of hydrogen-bond donors (Lipinski definition) is 0. The van der Waals surface area contributed by atoms with E-state index >= 15 is 0 Å². The molecule has 4 heteroatoms. The molecule has 0 aliphatic carbocycles. The normalized spacial score (nSPS) is 6.94. The van der Waals surface area contributed by atoms with Crippen molar-refractivity contribution in [2.45, 2.75) is 34.6 Å². The van der Waals surface area contributed by atoms with Crippen molar-refractivity contribution in [3.8, 4) is 0 Å². The summed E-state index contributed by atoms with van der Waals surface area (Å²) in [5.41, 5.74) is 0.775. The van der Waals surface area contributed by atoms with Gasteiger partial charge in [0.15, 0.2) is 12.8 Å². The molecule has 17 heavy (non-hydrogen) atoms. The molecular formula is C13H23NO3. The molecule has 0 aromatic heterocycles. The van der Waals surface area contributed by atoms with Gasteiger partial charge in [0, 0.05) is 10.5 Å². The van der Waals surface area contributed by atoms with Gasteiger partial charge in [-0.25, -0.2) is 0 Å². The minimum absolute atomic E-state index is 0.121. The number of carbonyl (C=O) groups is 1. The Morgan fingerprint density at radius 3 is 1.53 bits per heavy atom. The Morgan fingerprint density at radius 1 is 1.06 bits per heavy atom. The van der Waals surface area contributed by atoms with Crippen molar-refractivity contribution in [3.63, 3.8) is 0 Å². The van der Waals surface area contributed by atoms with Crippen molar-refractivity contribution in [2.24, 2.45) is 0 Å². The fourth-order valence-electron chi connectivity index (χ4n) is 0.673. The molecule has 1 aromatic rings. The molecule has 0 aliphatic heterocycles. The third kappa shape index (κ3) is 20.4. The average Bonchev–Trinajstić information content (AvgIpc) is 2.34. The highest BCUT2D eigenvalue weighted by atomic mass is 16.6. The highest BCUT2D eigenvalue weighted by molar-refractivity contribution is 5.93. The molecule has 0 spiro atoms. The summed E-state index contributed by atoms with van der Waals surface area (Å²) >= 11 is 0. The van der Waals surface area contributed by atoms with Crippen LogP contribution in [-0.2, 0) is 0 Å². The number of carbonyl (C=O) groups excluding carboxylic acids is 1. The number of Topliss-reactive ketones (excluding diaryl/α,β-unsaturated/α-hetero) is 1. The van der Waals surface area contributed by atoms with Crippen molar-refractivity contribution in [3.05, 3.63) is 46.0 Å². The van der Waals surface area contributed by atoms with Crippen LogP contribution in [0.5, 0.6) is 0 Å². The van der Waals surface area contributed by atoms with Crippen molar-refractivity contribution < 1.29 is 9.72 Å². The van der Waals surface area contributed by atoms with E-state index in [4.69, 9.17) is 10.1 Å². The van der Waals surface area contributed by atoms with Crippen molar-refractivity contribution >= 4 is 5.78 Å². The highest BCUT2D eigenvalue weighted by Crippen LogP contribution is 1.97. The van der Waals surface area contributed by atoms with Crippen molar-refractivity contribution in [1.29, 1.82) is 0 Å². The van der Waals surface area contributed by atoms with E-state index in [1.165, 1.54) is 0 Å². The Hall–Kier alpha value is -1.71. The zero-order valence-electron chi connectivity index (χ0n) is 11.6. The SMILES string of the molecule is CC.CC.CC(=O)c1ccccc1.C[N+](=O)[O-]. The Morgan fingerprint density at radius 2 is 1.35 bits per heavy atom. The third-order valence-corrected chi connectivity index (χ3v) is 1.18. The maximum atomic E-state index is 10.6.